The van der Waals surface area contributed by atoms with Crippen molar-refractivity contribution in [1.82, 2.24) is 9.88 Å². The van der Waals surface area contributed by atoms with Crippen LogP contribution in [0.2, 0.25) is 0 Å². The lowest BCUT2D eigenvalue weighted by Crippen LogP contribution is -2.44. The summed E-state index contributed by atoms with van der Waals surface area (Å²) in [6, 6.07) is 5.00. The van der Waals surface area contributed by atoms with E-state index in [0.717, 1.165) is 29.1 Å². The molecule has 0 fully saturated rings. The van der Waals surface area contributed by atoms with Gasteiger partial charge in [0, 0.05) is 36.1 Å². The fraction of sp³-hybridized carbons (Fsp3) is 0.438. The van der Waals surface area contributed by atoms with Gasteiger partial charge >= 0.3 is 5.97 Å². The van der Waals surface area contributed by atoms with E-state index >= 15 is 0 Å². The third-order valence-corrected chi connectivity index (χ3v) is 4.21. The average Bonchev–Trinajstić information content (AvgIpc) is 2.74. The van der Waals surface area contributed by atoms with E-state index in [-0.39, 0.29) is 18.2 Å². The second-order valence-corrected chi connectivity index (χ2v) is 6.18. The molecule has 1 aromatic heterocycles. The Morgan fingerprint density at radius 2 is 2.23 bits per heavy atom. The van der Waals surface area contributed by atoms with E-state index < -0.39 is 11.9 Å². The number of aromatic carboxylic acids is 1. The van der Waals surface area contributed by atoms with Crippen molar-refractivity contribution in [2.24, 2.45) is 0 Å². The summed E-state index contributed by atoms with van der Waals surface area (Å²) in [5, 5.41) is 10.0. The minimum absolute atomic E-state index is 0.0245. The summed E-state index contributed by atoms with van der Waals surface area (Å²) in [6.07, 6.45) is 0.678. The van der Waals surface area contributed by atoms with Gasteiger partial charge in [0.15, 0.2) is 0 Å². The van der Waals surface area contributed by atoms with E-state index in [1.54, 1.807) is 23.1 Å². The lowest BCUT2D eigenvalue weighted by Gasteiger charge is -2.34. The maximum Gasteiger partial charge on any atom is 0.335 e. The number of carboxylic acids is 1. The smallest absolute Gasteiger partial charge is 0.335 e. The number of halogens is 2. The number of nitrogens with zero attached hydrogens (tertiary/aromatic N) is 1. The van der Waals surface area contributed by atoms with Crippen LogP contribution in [0.15, 0.2) is 18.2 Å². The van der Waals surface area contributed by atoms with E-state index in [9.17, 15) is 13.6 Å². The first kappa shape index (κ1) is 15.0. The number of benzene rings is 1. The number of rotatable bonds is 3. The van der Waals surface area contributed by atoms with E-state index in [0.29, 0.717) is 13.0 Å². The molecule has 2 aromatic rings. The molecule has 1 aliphatic rings. The zero-order valence-corrected chi connectivity index (χ0v) is 12.5. The van der Waals surface area contributed by atoms with Gasteiger partial charge in [-0.15, -0.1) is 0 Å². The number of hydrogen-bond acceptors (Lipinski definition) is 2. The number of carboxylic acid groups (broad SMARTS) is 1. The molecule has 118 valence electrons. The molecule has 0 amide bonds. The van der Waals surface area contributed by atoms with Gasteiger partial charge in [0.1, 0.15) is 0 Å². The number of nitrogens with one attached hydrogen (secondary N) is 1. The monoisotopic (exact) mass is 308 g/mol. The molecule has 0 spiro atoms. The van der Waals surface area contributed by atoms with E-state index in [1.807, 2.05) is 6.92 Å². The molecule has 1 atom stereocenters. The Kier molecular flexibility index (Phi) is 3.44. The van der Waals surface area contributed by atoms with Gasteiger partial charge in [-0.05, 0) is 31.0 Å². The van der Waals surface area contributed by atoms with Gasteiger partial charge in [-0.25, -0.2) is 13.6 Å². The van der Waals surface area contributed by atoms with Crippen LogP contribution in [0.4, 0.5) is 8.78 Å². The molecule has 0 saturated carbocycles. The molecule has 2 N–H and O–H groups in total. The van der Waals surface area contributed by atoms with Gasteiger partial charge in [-0.2, -0.15) is 0 Å². The molecular weight excluding hydrogens is 290 g/mol. The summed E-state index contributed by atoms with van der Waals surface area (Å²) in [4.78, 5) is 16.0. The Hall–Kier alpha value is -1.95. The second kappa shape index (κ2) is 5.05. The van der Waals surface area contributed by atoms with Gasteiger partial charge in [0.25, 0.3) is 5.92 Å². The minimum Gasteiger partial charge on any atom is -0.478 e. The predicted octanol–water partition coefficient (Wildman–Crippen LogP) is 3.27. The highest BCUT2D eigenvalue weighted by molar-refractivity contribution is 5.94. The van der Waals surface area contributed by atoms with Crippen LogP contribution in [0.3, 0.4) is 0 Å². The van der Waals surface area contributed by atoms with Crippen LogP contribution in [0, 0.1) is 0 Å². The molecular formula is C16H18F2N2O2. The van der Waals surface area contributed by atoms with Crippen molar-refractivity contribution in [2.75, 3.05) is 6.54 Å². The van der Waals surface area contributed by atoms with Crippen LogP contribution in [0.25, 0.3) is 10.9 Å². The highest BCUT2D eigenvalue weighted by Gasteiger charge is 2.32. The Labute approximate surface area is 126 Å². The quantitative estimate of drug-likeness (QED) is 0.915. The summed E-state index contributed by atoms with van der Waals surface area (Å²) in [7, 11) is 0. The average molecular weight is 308 g/mol. The normalized spacial score (nSPS) is 19.4. The number of hydrogen-bond donors (Lipinski definition) is 2. The molecule has 0 aliphatic carbocycles. The highest BCUT2D eigenvalue weighted by Crippen LogP contribution is 2.32. The first-order valence-electron chi connectivity index (χ1n) is 7.23. The number of H-pyrrole nitrogens is 1. The van der Waals surface area contributed by atoms with Crippen molar-refractivity contribution in [3.8, 4) is 0 Å². The number of alkyl halides is 2. The van der Waals surface area contributed by atoms with Crippen molar-refractivity contribution in [3.63, 3.8) is 0 Å². The van der Waals surface area contributed by atoms with Crippen molar-refractivity contribution in [1.29, 1.82) is 0 Å². The summed E-state index contributed by atoms with van der Waals surface area (Å²) in [5.74, 6) is -3.70. The van der Waals surface area contributed by atoms with E-state index in [2.05, 4.69) is 4.98 Å². The van der Waals surface area contributed by atoms with Crippen LogP contribution in [-0.4, -0.2) is 39.5 Å². The van der Waals surface area contributed by atoms with Gasteiger partial charge in [0.05, 0.1) is 12.1 Å². The summed E-state index contributed by atoms with van der Waals surface area (Å²) in [5.41, 5.74) is 2.98. The van der Waals surface area contributed by atoms with Crippen LogP contribution < -0.4 is 0 Å². The number of fused-ring (bicyclic) bond motifs is 3. The first-order valence-corrected chi connectivity index (χ1v) is 7.23. The minimum atomic E-state index is -2.73. The van der Waals surface area contributed by atoms with Crippen LogP contribution in [0.1, 0.15) is 35.5 Å². The Bertz CT molecular complexity index is 734. The first-order chi connectivity index (χ1) is 10.2. The van der Waals surface area contributed by atoms with Crippen LogP contribution >= 0.6 is 0 Å². The number of aromatic amines is 1. The Morgan fingerprint density at radius 1 is 1.50 bits per heavy atom. The molecule has 1 aromatic carbocycles. The lowest BCUT2D eigenvalue weighted by molar-refractivity contribution is -0.0293. The molecule has 0 radical (unpaired) electrons. The summed E-state index contributed by atoms with van der Waals surface area (Å²) >= 11 is 0. The van der Waals surface area contributed by atoms with E-state index in [1.165, 1.54) is 0 Å². The van der Waals surface area contributed by atoms with Crippen molar-refractivity contribution >= 4 is 16.9 Å². The number of aromatic nitrogens is 1. The molecule has 4 nitrogen and oxygen atoms in total. The third-order valence-electron chi connectivity index (χ3n) is 4.21. The van der Waals surface area contributed by atoms with Gasteiger partial charge in [-0.3, -0.25) is 4.90 Å². The zero-order chi connectivity index (χ0) is 16.1. The molecule has 22 heavy (non-hydrogen) atoms. The van der Waals surface area contributed by atoms with E-state index in [4.69, 9.17) is 5.11 Å². The van der Waals surface area contributed by atoms with Gasteiger partial charge < -0.3 is 10.1 Å². The maximum absolute atomic E-state index is 13.3. The van der Waals surface area contributed by atoms with Crippen molar-refractivity contribution < 1.29 is 18.7 Å². The lowest BCUT2D eigenvalue weighted by atomic mass is 9.97. The molecule has 6 heteroatoms. The van der Waals surface area contributed by atoms with Crippen molar-refractivity contribution in [3.05, 3.63) is 35.0 Å². The predicted molar refractivity (Wildman–Crippen MR) is 79.5 cm³/mol. The molecule has 3 rings (SSSR count). The molecule has 0 saturated heterocycles. The SMILES string of the molecule is CC1Cc2c([nH]c3cc(C(=O)O)ccc23)CN1CC(C)(F)F. The fourth-order valence-electron chi connectivity index (χ4n) is 3.16. The molecule has 1 unspecified atom stereocenters. The topological polar surface area (TPSA) is 56.3 Å². The Balaban J connectivity index is 1.97. The zero-order valence-electron chi connectivity index (χ0n) is 12.5. The van der Waals surface area contributed by atoms with Crippen LogP contribution in [0.5, 0.6) is 0 Å². The Morgan fingerprint density at radius 3 is 2.86 bits per heavy atom. The number of carbonyl (C=O) groups is 1. The molecule has 0 bridgehead atoms. The van der Waals surface area contributed by atoms with Gasteiger partial charge in [-0.1, -0.05) is 6.07 Å². The second-order valence-electron chi connectivity index (χ2n) is 6.18. The summed E-state index contributed by atoms with van der Waals surface area (Å²) in [6.45, 7) is 3.03. The highest BCUT2D eigenvalue weighted by atomic mass is 19.3. The fourth-order valence-corrected chi connectivity index (χ4v) is 3.16. The molecule has 1 aliphatic heterocycles. The third kappa shape index (κ3) is 2.70. The largest absolute Gasteiger partial charge is 0.478 e. The molecule has 2 heterocycles. The van der Waals surface area contributed by atoms with Crippen LogP contribution in [-0.2, 0) is 13.0 Å². The summed E-state index contributed by atoms with van der Waals surface area (Å²) < 4.78 is 26.6. The standard InChI is InChI=1S/C16H18F2N2O2/c1-9-5-12-11-4-3-10(15(21)22)6-13(11)19-14(12)7-20(9)8-16(2,17)18/h3-4,6,9,19H,5,7-8H2,1-2H3,(H,21,22). The van der Waals surface area contributed by atoms with Gasteiger partial charge in [0.2, 0.25) is 0 Å². The maximum atomic E-state index is 13.3. The van der Waals surface area contributed by atoms with Crippen molar-refractivity contribution in [2.45, 2.75) is 38.8 Å².